The van der Waals surface area contributed by atoms with Gasteiger partial charge in [0.15, 0.2) is 11.5 Å². The number of amides is 2. The number of nitrogens with zero attached hydrogens (tertiary/aromatic N) is 1. The van der Waals surface area contributed by atoms with Gasteiger partial charge in [-0.25, -0.2) is 10.2 Å². The summed E-state index contributed by atoms with van der Waals surface area (Å²) in [4.78, 5) is 36.8. The Morgan fingerprint density at radius 2 is 1.61 bits per heavy atom. The number of nitrogens with one attached hydrogen (secondary N) is 2. The number of anilines is 1. The topological polar surface area (TPSA) is 106 Å². The van der Waals surface area contributed by atoms with Gasteiger partial charge in [0.2, 0.25) is 5.91 Å². The molecule has 0 spiro atoms. The van der Waals surface area contributed by atoms with Crippen LogP contribution in [-0.2, 0) is 9.59 Å². The monoisotopic (exact) mass is 513 g/mol. The van der Waals surface area contributed by atoms with Gasteiger partial charge in [-0.15, -0.1) is 0 Å². The molecule has 3 rings (SSSR count). The first-order valence-corrected chi connectivity index (χ1v) is 12.1. The van der Waals surface area contributed by atoms with Gasteiger partial charge >= 0.3 is 5.97 Å². The lowest BCUT2D eigenvalue weighted by Crippen LogP contribution is -2.27. The fourth-order valence-electron chi connectivity index (χ4n) is 3.08. The maximum absolute atomic E-state index is 12.4. The Balaban J connectivity index is 1.60. The lowest BCUT2D eigenvalue weighted by Gasteiger charge is -2.17. The Hall–Kier alpha value is -4.72. The van der Waals surface area contributed by atoms with E-state index in [0.29, 0.717) is 29.2 Å². The molecule has 0 aliphatic carbocycles. The summed E-state index contributed by atoms with van der Waals surface area (Å²) in [6, 6.07) is 20.9. The van der Waals surface area contributed by atoms with E-state index in [1.54, 1.807) is 48.5 Å². The van der Waals surface area contributed by atoms with E-state index in [-0.39, 0.29) is 11.7 Å². The molecule has 3 aromatic rings. The van der Waals surface area contributed by atoms with Crippen molar-refractivity contribution in [3.05, 3.63) is 95.6 Å². The summed E-state index contributed by atoms with van der Waals surface area (Å²) < 4.78 is 11.1. The number of hydrogen-bond donors (Lipinski definition) is 2. The number of hydrogen-bond acceptors (Lipinski definition) is 6. The Morgan fingerprint density at radius 1 is 0.895 bits per heavy atom. The van der Waals surface area contributed by atoms with Crippen molar-refractivity contribution < 1.29 is 23.9 Å². The zero-order valence-corrected chi connectivity index (χ0v) is 21.9. The van der Waals surface area contributed by atoms with Gasteiger partial charge in [0.25, 0.3) is 5.91 Å². The van der Waals surface area contributed by atoms with Crippen molar-refractivity contribution in [1.29, 1.82) is 0 Å². The first kappa shape index (κ1) is 27.9. The summed E-state index contributed by atoms with van der Waals surface area (Å²) in [7, 11) is 0. The summed E-state index contributed by atoms with van der Waals surface area (Å²) in [6.07, 6.45) is 4.47. The van der Waals surface area contributed by atoms with Crippen LogP contribution in [-0.4, -0.2) is 30.6 Å². The molecule has 0 aliphatic heterocycles. The Kier molecular flexibility index (Phi) is 9.54. The van der Waals surface area contributed by atoms with Crippen molar-refractivity contribution in [2.45, 2.75) is 27.7 Å². The second-order valence-corrected chi connectivity index (χ2v) is 9.28. The maximum Gasteiger partial charge on any atom is 0.336 e. The van der Waals surface area contributed by atoms with Crippen LogP contribution in [0.1, 0.15) is 49.2 Å². The lowest BCUT2D eigenvalue weighted by atomic mass is 9.95. The van der Waals surface area contributed by atoms with Crippen LogP contribution in [0, 0.1) is 5.41 Å². The van der Waals surface area contributed by atoms with E-state index in [1.165, 1.54) is 12.3 Å². The molecule has 38 heavy (non-hydrogen) atoms. The van der Waals surface area contributed by atoms with Crippen molar-refractivity contribution in [1.82, 2.24) is 5.43 Å². The number of carbonyl (C=O) groups is 3. The van der Waals surface area contributed by atoms with E-state index in [1.807, 2.05) is 58.0 Å². The van der Waals surface area contributed by atoms with Gasteiger partial charge in [-0.3, -0.25) is 9.59 Å². The Labute approximate surface area is 222 Å². The first-order valence-electron chi connectivity index (χ1n) is 12.1. The summed E-state index contributed by atoms with van der Waals surface area (Å²) >= 11 is 0. The number of rotatable bonds is 9. The van der Waals surface area contributed by atoms with E-state index in [9.17, 15) is 14.4 Å². The highest BCUT2D eigenvalue weighted by molar-refractivity contribution is 5.97. The van der Waals surface area contributed by atoms with E-state index in [2.05, 4.69) is 15.8 Å². The van der Waals surface area contributed by atoms with Crippen LogP contribution >= 0.6 is 0 Å². The minimum atomic E-state index is -0.535. The summed E-state index contributed by atoms with van der Waals surface area (Å²) in [5.74, 6) is -0.412. The first-order chi connectivity index (χ1) is 18.2. The highest BCUT2D eigenvalue weighted by Gasteiger charge is 2.21. The summed E-state index contributed by atoms with van der Waals surface area (Å²) in [5, 5.41) is 6.82. The third-order valence-corrected chi connectivity index (χ3v) is 5.16. The average molecular weight is 514 g/mol. The molecule has 0 fully saturated rings. The molecule has 196 valence electrons. The molecule has 0 bridgehead atoms. The zero-order valence-electron chi connectivity index (χ0n) is 21.9. The van der Waals surface area contributed by atoms with E-state index in [4.69, 9.17) is 9.47 Å². The highest BCUT2D eigenvalue weighted by Crippen LogP contribution is 2.28. The van der Waals surface area contributed by atoms with Crippen LogP contribution in [0.3, 0.4) is 0 Å². The molecule has 0 aliphatic rings. The molecule has 2 amide bonds. The van der Waals surface area contributed by atoms with Crippen LogP contribution in [0.4, 0.5) is 5.69 Å². The van der Waals surface area contributed by atoms with E-state index >= 15 is 0 Å². The molecule has 0 saturated heterocycles. The number of ether oxygens (including phenoxy) is 2. The van der Waals surface area contributed by atoms with Crippen molar-refractivity contribution in [3.8, 4) is 11.5 Å². The largest absolute Gasteiger partial charge is 0.490 e. The molecule has 8 nitrogen and oxygen atoms in total. The van der Waals surface area contributed by atoms with Crippen molar-refractivity contribution >= 4 is 35.8 Å². The van der Waals surface area contributed by atoms with Crippen molar-refractivity contribution in [2.24, 2.45) is 10.5 Å². The normalized spacial score (nSPS) is 11.4. The number of hydrazone groups is 1. The van der Waals surface area contributed by atoms with Gasteiger partial charge in [-0.1, -0.05) is 51.1 Å². The third kappa shape index (κ3) is 8.44. The molecular formula is C30H31N3O5. The van der Waals surface area contributed by atoms with Crippen molar-refractivity contribution in [3.63, 3.8) is 0 Å². The van der Waals surface area contributed by atoms with Gasteiger partial charge in [0.05, 0.1) is 12.8 Å². The molecule has 0 aromatic heterocycles. The summed E-state index contributed by atoms with van der Waals surface area (Å²) in [6.45, 7) is 7.66. The fourth-order valence-corrected chi connectivity index (χ4v) is 3.08. The molecular weight excluding hydrogens is 482 g/mol. The van der Waals surface area contributed by atoms with Crippen LogP contribution in [0.15, 0.2) is 84.0 Å². The zero-order chi connectivity index (χ0) is 27.5. The van der Waals surface area contributed by atoms with Gasteiger partial charge < -0.3 is 14.8 Å². The molecule has 8 heteroatoms. The maximum atomic E-state index is 12.4. The molecule has 0 unspecified atom stereocenters. The van der Waals surface area contributed by atoms with Crippen molar-refractivity contribution in [2.75, 3.05) is 11.9 Å². The number of esters is 1. The molecule has 2 N–H and O–H groups in total. The smallest absolute Gasteiger partial charge is 0.336 e. The molecule has 0 radical (unpaired) electrons. The highest BCUT2D eigenvalue weighted by atomic mass is 16.6. The lowest BCUT2D eigenvalue weighted by molar-refractivity contribution is -0.129. The predicted molar refractivity (Wildman–Crippen MR) is 148 cm³/mol. The van der Waals surface area contributed by atoms with Crippen LogP contribution < -0.4 is 20.2 Å². The molecule has 0 atom stereocenters. The molecule has 0 saturated carbocycles. The summed E-state index contributed by atoms with van der Waals surface area (Å²) in [5.41, 5.74) is 4.45. The van der Waals surface area contributed by atoms with Gasteiger partial charge in [-0.05, 0) is 66.6 Å². The quantitative estimate of drug-likeness (QED) is 0.130. The minimum absolute atomic E-state index is 0.116. The van der Waals surface area contributed by atoms with E-state index < -0.39 is 17.3 Å². The standard InChI is InChI=1S/C30H31N3O5/c1-5-37-26-19-22(11-17-25(26)38-27(34)18-12-21-9-7-6-8-10-21)20-31-33-28(35)23-13-15-24(16-14-23)32-29(36)30(2,3)4/h6-20H,5H2,1-4H3,(H,32,36)(H,33,35)/b18-12-,31-20?. The predicted octanol–water partition coefficient (Wildman–Crippen LogP) is 5.45. The van der Waals surface area contributed by atoms with Gasteiger partial charge in [0.1, 0.15) is 0 Å². The second kappa shape index (κ2) is 13.0. The SMILES string of the molecule is CCOc1cc(C=NNC(=O)c2ccc(NC(=O)C(C)(C)C)cc2)ccc1OC(=O)/C=C\c1ccccc1. The number of carbonyl (C=O) groups excluding carboxylic acids is 3. The van der Waals surface area contributed by atoms with Crippen LogP contribution in [0.5, 0.6) is 11.5 Å². The van der Waals surface area contributed by atoms with Gasteiger partial charge in [0, 0.05) is 22.7 Å². The van der Waals surface area contributed by atoms with Crippen LogP contribution in [0.25, 0.3) is 6.08 Å². The fraction of sp³-hybridized carbons (Fsp3) is 0.200. The minimum Gasteiger partial charge on any atom is -0.490 e. The number of benzene rings is 3. The molecule has 0 heterocycles. The average Bonchev–Trinajstić information content (AvgIpc) is 2.89. The Bertz CT molecular complexity index is 1320. The Morgan fingerprint density at radius 3 is 2.26 bits per heavy atom. The second-order valence-electron chi connectivity index (χ2n) is 9.28. The third-order valence-electron chi connectivity index (χ3n) is 5.16. The van der Waals surface area contributed by atoms with Crippen LogP contribution in [0.2, 0.25) is 0 Å². The van der Waals surface area contributed by atoms with E-state index in [0.717, 1.165) is 5.56 Å². The molecule has 3 aromatic carbocycles. The van der Waals surface area contributed by atoms with Gasteiger partial charge in [-0.2, -0.15) is 5.10 Å².